The molecule has 0 saturated heterocycles. The fourth-order valence-corrected chi connectivity index (χ4v) is 2.61. The first kappa shape index (κ1) is 15.5. The maximum Gasteiger partial charge on any atom is 0.342 e. The standard InChI is InChI=1S/C15H10Cl2N4O2/c1-20-13(18-8-14(20)21(22)23)5-3-11-12(17)4-2-9-6-10(16)7-19-15(9)11/h2-8H,1H3. The number of nitro groups is 1. The molecule has 116 valence electrons. The zero-order valence-electron chi connectivity index (χ0n) is 11.9. The third kappa shape index (κ3) is 2.91. The molecule has 1 aromatic carbocycles. The molecule has 0 N–H and O–H groups in total. The highest BCUT2D eigenvalue weighted by Crippen LogP contribution is 2.28. The predicted molar refractivity (Wildman–Crippen MR) is 90.6 cm³/mol. The average Bonchev–Trinajstić information content (AvgIpc) is 2.87. The van der Waals surface area contributed by atoms with Crippen LogP contribution in [-0.2, 0) is 7.05 Å². The zero-order valence-corrected chi connectivity index (χ0v) is 13.4. The first-order chi connectivity index (χ1) is 11.0. The van der Waals surface area contributed by atoms with Gasteiger partial charge in [-0.3, -0.25) is 4.98 Å². The summed E-state index contributed by atoms with van der Waals surface area (Å²) in [5.41, 5.74) is 1.40. The van der Waals surface area contributed by atoms with Gasteiger partial charge in [0.2, 0.25) is 5.82 Å². The molecule has 0 amide bonds. The van der Waals surface area contributed by atoms with Crippen LogP contribution in [-0.4, -0.2) is 19.5 Å². The van der Waals surface area contributed by atoms with Gasteiger partial charge in [-0.1, -0.05) is 29.3 Å². The Kier molecular flexibility index (Phi) is 4.02. The summed E-state index contributed by atoms with van der Waals surface area (Å²) in [4.78, 5) is 18.7. The van der Waals surface area contributed by atoms with Crippen LogP contribution in [0.4, 0.5) is 5.82 Å². The van der Waals surface area contributed by atoms with Crippen molar-refractivity contribution in [3.8, 4) is 0 Å². The molecule has 3 rings (SSSR count). The number of hydrogen-bond acceptors (Lipinski definition) is 4. The summed E-state index contributed by atoms with van der Waals surface area (Å²) < 4.78 is 1.39. The van der Waals surface area contributed by atoms with Crippen molar-refractivity contribution in [1.29, 1.82) is 0 Å². The van der Waals surface area contributed by atoms with Gasteiger partial charge >= 0.3 is 5.82 Å². The minimum absolute atomic E-state index is 0.0847. The molecule has 2 aromatic heterocycles. The summed E-state index contributed by atoms with van der Waals surface area (Å²) in [5.74, 6) is 0.359. The number of pyridine rings is 1. The fourth-order valence-electron chi connectivity index (χ4n) is 2.23. The third-order valence-electron chi connectivity index (χ3n) is 3.39. The second-order valence-electron chi connectivity index (χ2n) is 4.81. The van der Waals surface area contributed by atoms with E-state index in [4.69, 9.17) is 23.2 Å². The lowest BCUT2D eigenvalue weighted by Crippen LogP contribution is -1.98. The van der Waals surface area contributed by atoms with Gasteiger partial charge < -0.3 is 10.1 Å². The van der Waals surface area contributed by atoms with Gasteiger partial charge in [0.05, 0.1) is 22.6 Å². The molecule has 23 heavy (non-hydrogen) atoms. The number of fused-ring (bicyclic) bond motifs is 1. The van der Waals surface area contributed by atoms with Crippen molar-refractivity contribution in [3.63, 3.8) is 0 Å². The van der Waals surface area contributed by atoms with Gasteiger partial charge in [0.15, 0.2) is 0 Å². The van der Waals surface area contributed by atoms with E-state index in [0.29, 0.717) is 26.9 Å². The summed E-state index contributed by atoms with van der Waals surface area (Å²) >= 11 is 12.2. The SMILES string of the molecule is Cn1c([N+](=O)[O-])cnc1C=Cc1c(Cl)ccc2cc(Cl)cnc12. The number of hydrogen-bond donors (Lipinski definition) is 0. The molecule has 8 heteroatoms. The van der Waals surface area contributed by atoms with Gasteiger partial charge in [-0.2, -0.15) is 0 Å². The van der Waals surface area contributed by atoms with E-state index in [0.717, 1.165) is 5.39 Å². The molecule has 3 aromatic rings. The molecular formula is C15H10Cl2N4O2. The molecule has 0 saturated carbocycles. The van der Waals surface area contributed by atoms with Crippen LogP contribution in [0.15, 0.2) is 30.6 Å². The minimum Gasteiger partial charge on any atom is -0.358 e. The number of rotatable bonds is 3. The molecule has 0 aliphatic carbocycles. The lowest BCUT2D eigenvalue weighted by atomic mass is 10.1. The monoisotopic (exact) mass is 348 g/mol. The van der Waals surface area contributed by atoms with Crippen LogP contribution in [0.3, 0.4) is 0 Å². The van der Waals surface area contributed by atoms with Crippen LogP contribution >= 0.6 is 23.2 Å². The van der Waals surface area contributed by atoms with Crippen LogP contribution < -0.4 is 0 Å². The van der Waals surface area contributed by atoms with E-state index in [1.165, 1.54) is 10.8 Å². The molecule has 0 fully saturated rings. The number of imidazole rings is 1. The number of halogens is 2. The van der Waals surface area contributed by atoms with Gasteiger partial charge in [0, 0.05) is 23.2 Å². The van der Waals surface area contributed by atoms with Crippen molar-refractivity contribution in [3.05, 3.63) is 62.1 Å². The summed E-state index contributed by atoms with van der Waals surface area (Å²) in [5, 5.41) is 12.8. The van der Waals surface area contributed by atoms with E-state index in [1.807, 2.05) is 6.07 Å². The minimum atomic E-state index is -0.487. The molecular weight excluding hydrogens is 339 g/mol. The number of nitrogens with zero attached hydrogens (tertiary/aromatic N) is 4. The molecule has 0 aliphatic heterocycles. The third-order valence-corrected chi connectivity index (χ3v) is 3.93. The molecule has 0 radical (unpaired) electrons. The second kappa shape index (κ2) is 5.98. The molecule has 2 heterocycles. The Balaban J connectivity index is 2.08. The van der Waals surface area contributed by atoms with Crippen molar-refractivity contribution < 1.29 is 4.92 Å². The molecule has 0 aliphatic rings. The summed E-state index contributed by atoms with van der Waals surface area (Å²) in [6, 6.07) is 5.38. The highest BCUT2D eigenvalue weighted by molar-refractivity contribution is 6.34. The Bertz CT molecular complexity index is 950. The van der Waals surface area contributed by atoms with E-state index in [2.05, 4.69) is 9.97 Å². The van der Waals surface area contributed by atoms with E-state index in [9.17, 15) is 10.1 Å². The number of benzene rings is 1. The summed E-state index contributed by atoms with van der Waals surface area (Å²) in [6.07, 6.45) is 6.15. The van der Waals surface area contributed by atoms with E-state index >= 15 is 0 Å². The Labute approximate surface area is 141 Å². The maximum atomic E-state index is 10.8. The largest absolute Gasteiger partial charge is 0.358 e. The van der Waals surface area contributed by atoms with Gasteiger partial charge in [0.25, 0.3) is 0 Å². The topological polar surface area (TPSA) is 73.8 Å². The van der Waals surface area contributed by atoms with Gasteiger partial charge in [-0.15, -0.1) is 0 Å². The lowest BCUT2D eigenvalue weighted by molar-refractivity contribution is -0.391. The Morgan fingerprint density at radius 2 is 2.00 bits per heavy atom. The smallest absolute Gasteiger partial charge is 0.342 e. The average molecular weight is 349 g/mol. The fraction of sp³-hybridized carbons (Fsp3) is 0.0667. The van der Waals surface area contributed by atoms with Crippen molar-refractivity contribution in [2.45, 2.75) is 0 Å². The molecule has 0 spiro atoms. The lowest BCUT2D eigenvalue weighted by Gasteiger charge is -2.04. The van der Waals surface area contributed by atoms with Crippen molar-refractivity contribution in [2.24, 2.45) is 7.05 Å². The molecule has 6 nitrogen and oxygen atoms in total. The summed E-state index contributed by atoms with van der Waals surface area (Å²) in [6.45, 7) is 0. The maximum absolute atomic E-state index is 10.8. The Morgan fingerprint density at radius 1 is 1.22 bits per heavy atom. The van der Waals surface area contributed by atoms with E-state index in [-0.39, 0.29) is 5.82 Å². The number of aromatic nitrogens is 3. The summed E-state index contributed by atoms with van der Waals surface area (Å²) in [7, 11) is 1.58. The quantitative estimate of drug-likeness (QED) is 0.520. The van der Waals surface area contributed by atoms with Crippen LogP contribution in [0.25, 0.3) is 23.1 Å². The first-order valence-electron chi connectivity index (χ1n) is 6.55. The second-order valence-corrected chi connectivity index (χ2v) is 5.65. The molecule has 0 unspecified atom stereocenters. The zero-order chi connectivity index (χ0) is 16.6. The van der Waals surface area contributed by atoms with Crippen LogP contribution in [0.5, 0.6) is 0 Å². The normalized spacial score (nSPS) is 11.4. The highest BCUT2D eigenvalue weighted by Gasteiger charge is 2.14. The highest BCUT2D eigenvalue weighted by atomic mass is 35.5. The van der Waals surface area contributed by atoms with Crippen LogP contribution in [0, 0.1) is 10.1 Å². The van der Waals surface area contributed by atoms with E-state index in [1.54, 1.807) is 37.5 Å². The molecule has 0 bridgehead atoms. The van der Waals surface area contributed by atoms with Crippen molar-refractivity contribution in [2.75, 3.05) is 0 Å². The van der Waals surface area contributed by atoms with Gasteiger partial charge in [0.1, 0.15) is 6.20 Å². The van der Waals surface area contributed by atoms with Gasteiger partial charge in [-0.05, 0) is 23.1 Å². The van der Waals surface area contributed by atoms with E-state index < -0.39 is 4.92 Å². The van der Waals surface area contributed by atoms with Crippen LogP contribution in [0.2, 0.25) is 10.0 Å². The Hall–Kier alpha value is -2.44. The Morgan fingerprint density at radius 3 is 2.70 bits per heavy atom. The van der Waals surface area contributed by atoms with Gasteiger partial charge in [-0.25, -0.2) is 9.55 Å². The first-order valence-corrected chi connectivity index (χ1v) is 7.31. The molecule has 0 atom stereocenters. The predicted octanol–water partition coefficient (Wildman–Crippen LogP) is 4.35. The van der Waals surface area contributed by atoms with Crippen molar-refractivity contribution >= 4 is 52.1 Å². The van der Waals surface area contributed by atoms with Crippen LogP contribution in [0.1, 0.15) is 11.4 Å². The van der Waals surface area contributed by atoms with Crippen molar-refractivity contribution in [1.82, 2.24) is 14.5 Å².